The lowest BCUT2D eigenvalue weighted by Gasteiger charge is -2.19. The van der Waals surface area contributed by atoms with Gasteiger partial charge >= 0.3 is 0 Å². The largest absolute Gasteiger partial charge is 0.394 e. The van der Waals surface area contributed by atoms with E-state index in [2.05, 4.69) is 55.9 Å². The van der Waals surface area contributed by atoms with E-state index in [1.165, 1.54) is 17.1 Å². The second-order valence-corrected chi connectivity index (χ2v) is 6.35. The maximum atomic E-state index is 9.42. The summed E-state index contributed by atoms with van der Waals surface area (Å²) in [6.45, 7) is 4.73. The van der Waals surface area contributed by atoms with Gasteiger partial charge in [0, 0.05) is 6.54 Å². The van der Waals surface area contributed by atoms with E-state index in [0.717, 1.165) is 5.56 Å². The molecule has 3 aromatic rings. The molecule has 0 aliphatic rings. The van der Waals surface area contributed by atoms with Crippen molar-refractivity contribution in [2.75, 3.05) is 17.2 Å². The fraction of sp³-hybridized carbons (Fsp3) is 0.316. The van der Waals surface area contributed by atoms with Gasteiger partial charge < -0.3 is 15.7 Å². The molecule has 1 aromatic heterocycles. The first-order valence-electron chi connectivity index (χ1n) is 8.43. The molecule has 3 rings (SSSR count). The first-order chi connectivity index (χ1) is 12.2. The summed E-state index contributed by atoms with van der Waals surface area (Å²) in [6, 6.07) is 14.6. The van der Waals surface area contributed by atoms with Crippen molar-refractivity contribution >= 4 is 22.7 Å². The zero-order valence-corrected chi connectivity index (χ0v) is 14.5. The van der Waals surface area contributed by atoms with Crippen molar-refractivity contribution in [2.45, 2.75) is 26.4 Å². The van der Waals surface area contributed by atoms with Crippen LogP contribution in [0.15, 0.2) is 48.8 Å². The number of aliphatic hydroxyl groups is 1. The van der Waals surface area contributed by atoms with Crippen LogP contribution in [0.4, 0.5) is 11.9 Å². The van der Waals surface area contributed by atoms with E-state index in [9.17, 15) is 5.11 Å². The van der Waals surface area contributed by atoms with Crippen molar-refractivity contribution in [1.82, 2.24) is 15.0 Å². The molecular formula is C19H23N5O. The van der Waals surface area contributed by atoms with Crippen molar-refractivity contribution in [1.29, 1.82) is 0 Å². The molecule has 3 N–H and O–H groups in total. The van der Waals surface area contributed by atoms with Crippen LogP contribution in [0.1, 0.15) is 19.4 Å². The van der Waals surface area contributed by atoms with Gasteiger partial charge in [-0.1, -0.05) is 50.2 Å². The van der Waals surface area contributed by atoms with Gasteiger partial charge in [0.05, 0.1) is 12.6 Å². The third-order valence-corrected chi connectivity index (χ3v) is 4.15. The molecule has 1 atom stereocenters. The first kappa shape index (κ1) is 17.1. The molecule has 0 aliphatic heterocycles. The van der Waals surface area contributed by atoms with Crippen LogP contribution in [0.5, 0.6) is 0 Å². The van der Waals surface area contributed by atoms with Gasteiger partial charge in [-0.25, -0.2) is 9.97 Å². The number of benzene rings is 2. The Balaban J connectivity index is 1.67. The summed E-state index contributed by atoms with van der Waals surface area (Å²) in [4.78, 5) is 12.6. The molecule has 0 fully saturated rings. The van der Waals surface area contributed by atoms with Gasteiger partial charge in [-0.15, -0.1) is 0 Å². The van der Waals surface area contributed by atoms with E-state index < -0.39 is 0 Å². The van der Waals surface area contributed by atoms with Crippen LogP contribution in [0.3, 0.4) is 0 Å². The quantitative estimate of drug-likeness (QED) is 0.614. The van der Waals surface area contributed by atoms with Gasteiger partial charge in [0.15, 0.2) is 0 Å². The molecule has 2 aromatic carbocycles. The average molecular weight is 337 g/mol. The number of rotatable bonds is 7. The second-order valence-electron chi connectivity index (χ2n) is 6.35. The third kappa shape index (κ3) is 4.42. The molecular weight excluding hydrogens is 314 g/mol. The number of fused-ring (bicyclic) bond motifs is 1. The normalized spacial score (nSPS) is 12.3. The van der Waals surface area contributed by atoms with Crippen LogP contribution in [0.25, 0.3) is 10.8 Å². The number of aromatic nitrogens is 3. The van der Waals surface area contributed by atoms with Gasteiger partial charge in [-0.3, -0.25) is 0 Å². The maximum absolute atomic E-state index is 9.42. The Morgan fingerprint density at radius 3 is 2.52 bits per heavy atom. The SMILES string of the molecule is CC(C)[C@@H](CO)Nc1ncnc(NCc2ccc3ccccc3c2)n1. The fourth-order valence-electron chi connectivity index (χ4n) is 2.57. The number of nitrogens with zero attached hydrogens (tertiary/aromatic N) is 3. The molecule has 0 saturated heterocycles. The molecule has 1 heterocycles. The van der Waals surface area contributed by atoms with Crippen molar-refractivity contribution in [3.63, 3.8) is 0 Å². The Morgan fingerprint density at radius 1 is 1.00 bits per heavy atom. The van der Waals surface area contributed by atoms with Crippen molar-refractivity contribution in [3.05, 3.63) is 54.4 Å². The topological polar surface area (TPSA) is 83.0 Å². The highest BCUT2D eigenvalue weighted by Crippen LogP contribution is 2.16. The third-order valence-electron chi connectivity index (χ3n) is 4.15. The van der Waals surface area contributed by atoms with Crippen LogP contribution >= 0.6 is 0 Å². The summed E-state index contributed by atoms with van der Waals surface area (Å²) < 4.78 is 0. The Bertz CT molecular complexity index is 837. The van der Waals surface area contributed by atoms with Crippen molar-refractivity contribution < 1.29 is 5.11 Å². The van der Waals surface area contributed by atoms with Gasteiger partial charge in [0.1, 0.15) is 6.33 Å². The summed E-state index contributed by atoms with van der Waals surface area (Å²) >= 11 is 0. The molecule has 130 valence electrons. The molecule has 6 heteroatoms. The predicted molar refractivity (Wildman–Crippen MR) is 100 cm³/mol. The van der Waals surface area contributed by atoms with E-state index in [1.54, 1.807) is 0 Å². The van der Waals surface area contributed by atoms with Gasteiger partial charge in [-0.05, 0) is 28.3 Å². The fourth-order valence-corrected chi connectivity index (χ4v) is 2.57. The van der Waals surface area contributed by atoms with Crippen LogP contribution in [0.2, 0.25) is 0 Å². The highest BCUT2D eigenvalue weighted by Gasteiger charge is 2.13. The summed E-state index contributed by atoms with van der Waals surface area (Å²) in [5.74, 6) is 1.24. The molecule has 0 amide bonds. The van der Waals surface area contributed by atoms with E-state index in [-0.39, 0.29) is 18.6 Å². The van der Waals surface area contributed by atoms with E-state index >= 15 is 0 Å². The predicted octanol–water partition coefficient (Wildman–Crippen LogP) is 3.07. The summed E-state index contributed by atoms with van der Waals surface area (Å²) in [7, 11) is 0. The first-order valence-corrected chi connectivity index (χ1v) is 8.43. The van der Waals surface area contributed by atoms with E-state index in [1.807, 2.05) is 26.0 Å². The summed E-state index contributed by atoms with van der Waals surface area (Å²) in [5, 5.41) is 18.2. The average Bonchev–Trinajstić information content (AvgIpc) is 2.64. The minimum atomic E-state index is -0.0873. The van der Waals surface area contributed by atoms with Crippen LogP contribution < -0.4 is 10.6 Å². The zero-order chi connectivity index (χ0) is 17.6. The van der Waals surface area contributed by atoms with Crippen LogP contribution in [-0.4, -0.2) is 32.7 Å². The molecule has 0 aliphatic carbocycles. The molecule has 25 heavy (non-hydrogen) atoms. The van der Waals surface area contributed by atoms with Gasteiger partial charge in [-0.2, -0.15) is 4.98 Å². The number of hydrogen-bond donors (Lipinski definition) is 3. The minimum absolute atomic E-state index is 0.0310. The molecule has 0 bridgehead atoms. The number of aliphatic hydroxyl groups excluding tert-OH is 1. The van der Waals surface area contributed by atoms with Crippen LogP contribution in [-0.2, 0) is 6.54 Å². The van der Waals surface area contributed by atoms with E-state index in [4.69, 9.17) is 0 Å². The molecule has 0 unspecified atom stereocenters. The minimum Gasteiger partial charge on any atom is -0.394 e. The van der Waals surface area contributed by atoms with Crippen LogP contribution in [0, 0.1) is 5.92 Å². The number of hydrogen-bond acceptors (Lipinski definition) is 6. The summed E-state index contributed by atoms with van der Waals surface area (Å²) in [6.07, 6.45) is 1.47. The van der Waals surface area contributed by atoms with Crippen molar-refractivity contribution in [2.24, 2.45) is 5.92 Å². The lowest BCUT2D eigenvalue weighted by atomic mass is 10.1. The van der Waals surface area contributed by atoms with Crippen molar-refractivity contribution in [3.8, 4) is 0 Å². The zero-order valence-electron chi connectivity index (χ0n) is 14.5. The Hall–Kier alpha value is -2.73. The molecule has 6 nitrogen and oxygen atoms in total. The van der Waals surface area contributed by atoms with Gasteiger partial charge in [0.2, 0.25) is 11.9 Å². The molecule has 0 saturated carbocycles. The Kier molecular flexibility index (Phi) is 5.40. The molecule has 0 spiro atoms. The Labute approximate surface area is 147 Å². The number of anilines is 2. The maximum Gasteiger partial charge on any atom is 0.227 e. The lowest BCUT2D eigenvalue weighted by Crippen LogP contribution is -2.30. The summed E-state index contributed by atoms with van der Waals surface area (Å²) in [5.41, 5.74) is 1.16. The Morgan fingerprint density at radius 2 is 1.76 bits per heavy atom. The van der Waals surface area contributed by atoms with E-state index in [0.29, 0.717) is 18.4 Å². The smallest absolute Gasteiger partial charge is 0.227 e. The standard InChI is InChI=1S/C19H23N5O/c1-13(2)17(11-25)23-19-22-12-21-18(24-19)20-10-14-7-8-15-5-3-4-6-16(15)9-14/h3-9,12-13,17,25H,10-11H2,1-2H3,(H2,20,21,22,23,24)/t17-/m1/s1. The monoisotopic (exact) mass is 337 g/mol. The van der Waals surface area contributed by atoms with Gasteiger partial charge in [0.25, 0.3) is 0 Å². The molecule has 0 radical (unpaired) electrons. The highest BCUT2D eigenvalue weighted by molar-refractivity contribution is 5.83. The second kappa shape index (κ2) is 7.90. The lowest BCUT2D eigenvalue weighted by molar-refractivity contribution is 0.248. The highest BCUT2D eigenvalue weighted by atomic mass is 16.3. The number of nitrogens with one attached hydrogen (secondary N) is 2.